The van der Waals surface area contributed by atoms with Crippen LogP contribution in [0.3, 0.4) is 0 Å². The molecule has 1 fully saturated rings. The van der Waals surface area contributed by atoms with E-state index in [2.05, 4.69) is 32.6 Å². The summed E-state index contributed by atoms with van der Waals surface area (Å²) < 4.78 is 11.2. The van der Waals surface area contributed by atoms with Gasteiger partial charge in [0.25, 0.3) is 0 Å². The van der Waals surface area contributed by atoms with Gasteiger partial charge in [-0.1, -0.05) is 49.2 Å². The standard InChI is InChI=1S/C24H26BrN3O4/c1-31-22-12-11-17(13-19(22)25)21(14-26)27-23(29)18-9-5-6-10-20(18)28-24(30)32-15-16-7-3-2-4-8-16/h2-4,7-8,11-13,18,20-21H,5-6,9-10,15H2,1H3,(H,27,29)(H,28,30). The Morgan fingerprint density at radius 2 is 1.94 bits per heavy atom. The van der Waals surface area contributed by atoms with Gasteiger partial charge in [-0.3, -0.25) is 4.79 Å². The number of ether oxygens (including phenoxy) is 2. The predicted molar refractivity (Wildman–Crippen MR) is 123 cm³/mol. The highest BCUT2D eigenvalue weighted by atomic mass is 79.9. The molecule has 3 unspecified atom stereocenters. The average molecular weight is 500 g/mol. The van der Waals surface area contributed by atoms with Crippen molar-refractivity contribution in [2.24, 2.45) is 5.92 Å². The van der Waals surface area contributed by atoms with Crippen LogP contribution in [0.4, 0.5) is 4.79 Å². The molecule has 3 atom stereocenters. The van der Waals surface area contributed by atoms with E-state index in [-0.39, 0.29) is 18.6 Å². The molecule has 0 bridgehead atoms. The number of amides is 2. The van der Waals surface area contributed by atoms with E-state index in [0.717, 1.165) is 18.4 Å². The Morgan fingerprint density at radius 1 is 1.19 bits per heavy atom. The number of nitriles is 1. The lowest BCUT2D eigenvalue weighted by Gasteiger charge is -2.31. The highest BCUT2D eigenvalue weighted by Crippen LogP contribution is 2.29. The maximum absolute atomic E-state index is 13.0. The van der Waals surface area contributed by atoms with Crippen LogP contribution in [-0.4, -0.2) is 25.2 Å². The van der Waals surface area contributed by atoms with E-state index >= 15 is 0 Å². The molecule has 2 N–H and O–H groups in total. The lowest BCUT2D eigenvalue weighted by Crippen LogP contribution is -2.49. The number of benzene rings is 2. The minimum atomic E-state index is -0.808. The number of hydrogen-bond acceptors (Lipinski definition) is 5. The summed E-state index contributed by atoms with van der Waals surface area (Å²) >= 11 is 3.41. The maximum atomic E-state index is 13.0. The molecule has 2 aromatic carbocycles. The molecule has 0 spiro atoms. The molecule has 7 nitrogen and oxygen atoms in total. The third kappa shape index (κ3) is 6.24. The van der Waals surface area contributed by atoms with Gasteiger partial charge >= 0.3 is 6.09 Å². The van der Waals surface area contributed by atoms with Crippen LogP contribution in [0.1, 0.15) is 42.9 Å². The molecule has 1 aliphatic rings. The molecule has 1 saturated carbocycles. The van der Waals surface area contributed by atoms with Gasteiger partial charge < -0.3 is 20.1 Å². The van der Waals surface area contributed by atoms with Crippen LogP contribution < -0.4 is 15.4 Å². The van der Waals surface area contributed by atoms with E-state index in [9.17, 15) is 14.9 Å². The minimum Gasteiger partial charge on any atom is -0.496 e. The van der Waals surface area contributed by atoms with Gasteiger partial charge in [0.05, 0.1) is 23.6 Å². The van der Waals surface area contributed by atoms with Crippen LogP contribution in [0.5, 0.6) is 5.75 Å². The molecule has 0 aliphatic heterocycles. The van der Waals surface area contributed by atoms with Crippen molar-refractivity contribution in [3.63, 3.8) is 0 Å². The first kappa shape index (κ1) is 23.6. The first-order valence-electron chi connectivity index (χ1n) is 10.5. The number of alkyl carbamates (subject to hydrolysis) is 1. The first-order valence-corrected chi connectivity index (χ1v) is 11.3. The number of carbonyl (C=O) groups excluding carboxylic acids is 2. The quantitative estimate of drug-likeness (QED) is 0.578. The number of nitrogens with one attached hydrogen (secondary N) is 2. The molecule has 168 valence electrons. The second-order valence-corrected chi connectivity index (χ2v) is 8.52. The third-order valence-corrected chi connectivity index (χ3v) is 6.16. The Bertz CT molecular complexity index is 977. The Kier molecular flexibility index (Phi) is 8.51. The number of rotatable bonds is 7. The van der Waals surface area contributed by atoms with Gasteiger partial charge in [-0.05, 0) is 52.0 Å². The van der Waals surface area contributed by atoms with E-state index < -0.39 is 18.1 Å². The summed E-state index contributed by atoms with van der Waals surface area (Å²) in [6.45, 7) is 0.166. The Morgan fingerprint density at radius 3 is 2.62 bits per heavy atom. The summed E-state index contributed by atoms with van der Waals surface area (Å²) in [4.78, 5) is 25.3. The highest BCUT2D eigenvalue weighted by molar-refractivity contribution is 9.10. The zero-order chi connectivity index (χ0) is 22.9. The zero-order valence-corrected chi connectivity index (χ0v) is 19.4. The molecule has 2 amide bonds. The Hall–Kier alpha value is -3.05. The normalized spacial score (nSPS) is 18.7. The second kappa shape index (κ2) is 11.5. The van der Waals surface area contributed by atoms with Crippen molar-refractivity contribution in [3.8, 4) is 11.8 Å². The van der Waals surface area contributed by atoms with Crippen LogP contribution in [0.15, 0.2) is 53.0 Å². The van der Waals surface area contributed by atoms with Crippen molar-refractivity contribution in [2.45, 2.75) is 44.4 Å². The van der Waals surface area contributed by atoms with Gasteiger partial charge in [0, 0.05) is 6.04 Å². The van der Waals surface area contributed by atoms with E-state index in [4.69, 9.17) is 9.47 Å². The molecule has 0 saturated heterocycles. The van der Waals surface area contributed by atoms with E-state index in [1.807, 2.05) is 30.3 Å². The van der Waals surface area contributed by atoms with Gasteiger partial charge in [-0.25, -0.2) is 4.79 Å². The van der Waals surface area contributed by atoms with Crippen molar-refractivity contribution in [3.05, 3.63) is 64.1 Å². The van der Waals surface area contributed by atoms with E-state index in [0.29, 0.717) is 28.6 Å². The van der Waals surface area contributed by atoms with Crippen LogP contribution >= 0.6 is 15.9 Å². The molecule has 0 aromatic heterocycles. The largest absolute Gasteiger partial charge is 0.496 e. The fourth-order valence-corrected chi connectivity index (χ4v) is 4.39. The first-order chi connectivity index (χ1) is 15.5. The summed E-state index contributed by atoms with van der Waals surface area (Å²) in [6.07, 6.45) is 2.58. The molecule has 2 aromatic rings. The molecule has 1 aliphatic carbocycles. The summed E-state index contributed by atoms with van der Waals surface area (Å²) in [5, 5.41) is 15.3. The van der Waals surface area contributed by atoms with Crippen molar-refractivity contribution in [2.75, 3.05) is 7.11 Å². The molecule has 32 heavy (non-hydrogen) atoms. The van der Waals surface area contributed by atoms with E-state index in [1.54, 1.807) is 25.3 Å². The highest BCUT2D eigenvalue weighted by Gasteiger charge is 2.33. The number of methoxy groups -OCH3 is 1. The average Bonchev–Trinajstić information content (AvgIpc) is 2.82. The summed E-state index contributed by atoms with van der Waals surface area (Å²) in [5.41, 5.74) is 1.54. The lowest BCUT2D eigenvalue weighted by atomic mass is 9.83. The second-order valence-electron chi connectivity index (χ2n) is 7.67. The summed E-state index contributed by atoms with van der Waals surface area (Å²) in [6, 6.07) is 15.6. The molecule has 3 rings (SSSR count). The molecular weight excluding hydrogens is 474 g/mol. The number of carbonyl (C=O) groups is 2. The summed E-state index contributed by atoms with van der Waals surface area (Å²) in [5.74, 6) is -0.0376. The van der Waals surface area contributed by atoms with Crippen LogP contribution in [0.2, 0.25) is 0 Å². The Labute approximate surface area is 196 Å². The molecule has 0 heterocycles. The van der Waals surface area contributed by atoms with Crippen molar-refractivity contribution < 1.29 is 19.1 Å². The summed E-state index contributed by atoms with van der Waals surface area (Å²) in [7, 11) is 1.56. The van der Waals surface area contributed by atoms with Gasteiger partial charge in [0.2, 0.25) is 5.91 Å². The molecule has 0 radical (unpaired) electrons. The van der Waals surface area contributed by atoms with Crippen LogP contribution in [0, 0.1) is 17.2 Å². The third-order valence-electron chi connectivity index (χ3n) is 5.54. The van der Waals surface area contributed by atoms with Crippen molar-refractivity contribution in [1.82, 2.24) is 10.6 Å². The number of halogens is 1. The molecular formula is C24H26BrN3O4. The fourth-order valence-electron chi connectivity index (χ4n) is 3.84. The SMILES string of the molecule is COc1ccc(C(C#N)NC(=O)C2CCCCC2NC(=O)OCc2ccccc2)cc1Br. The number of nitrogens with zero attached hydrogens (tertiary/aromatic N) is 1. The number of hydrogen-bond donors (Lipinski definition) is 2. The molecule has 8 heteroatoms. The monoisotopic (exact) mass is 499 g/mol. The van der Waals surface area contributed by atoms with Gasteiger partial charge in [-0.15, -0.1) is 0 Å². The van der Waals surface area contributed by atoms with Gasteiger partial charge in [-0.2, -0.15) is 5.26 Å². The van der Waals surface area contributed by atoms with Crippen LogP contribution in [-0.2, 0) is 16.1 Å². The predicted octanol–water partition coefficient (Wildman–Crippen LogP) is 4.62. The minimum absolute atomic E-state index is 0.166. The van der Waals surface area contributed by atoms with Gasteiger partial charge in [0.1, 0.15) is 18.4 Å². The fraction of sp³-hybridized carbons (Fsp3) is 0.375. The Balaban J connectivity index is 1.61. The van der Waals surface area contributed by atoms with Crippen molar-refractivity contribution >= 4 is 27.9 Å². The maximum Gasteiger partial charge on any atom is 0.407 e. The smallest absolute Gasteiger partial charge is 0.407 e. The topological polar surface area (TPSA) is 100 Å². The van der Waals surface area contributed by atoms with Crippen LogP contribution in [0.25, 0.3) is 0 Å². The zero-order valence-electron chi connectivity index (χ0n) is 17.8. The van der Waals surface area contributed by atoms with Crippen molar-refractivity contribution in [1.29, 1.82) is 5.26 Å². The lowest BCUT2D eigenvalue weighted by molar-refractivity contribution is -0.127. The van der Waals surface area contributed by atoms with E-state index in [1.165, 1.54) is 0 Å². The van der Waals surface area contributed by atoms with Gasteiger partial charge in [0.15, 0.2) is 0 Å².